The number of nitrogens with zero attached hydrogens (tertiary/aromatic N) is 2. The zero-order valence-corrected chi connectivity index (χ0v) is 23.7. The van der Waals surface area contributed by atoms with E-state index < -0.39 is 35.0 Å². The molecular formula is C30H48N2O6. The molecule has 3 fully saturated rings. The van der Waals surface area contributed by atoms with Crippen LogP contribution in [0.4, 0.5) is 0 Å². The molecule has 3 saturated heterocycles. The van der Waals surface area contributed by atoms with E-state index in [1.54, 1.807) is 22.0 Å². The van der Waals surface area contributed by atoms with E-state index >= 15 is 0 Å². The van der Waals surface area contributed by atoms with Crippen molar-refractivity contribution in [2.75, 3.05) is 32.8 Å². The fourth-order valence-corrected chi connectivity index (χ4v) is 6.87. The van der Waals surface area contributed by atoms with E-state index in [9.17, 15) is 14.4 Å². The summed E-state index contributed by atoms with van der Waals surface area (Å²) in [6.07, 6.45) is 10.6. The van der Waals surface area contributed by atoms with Crippen molar-refractivity contribution in [2.24, 2.45) is 17.8 Å². The van der Waals surface area contributed by atoms with Gasteiger partial charge >= 0.3 is 5.97 Å². The van der Waals surface area contributed by atoms with Crippen LogP contribution in [0.3, 0.4) is 0 Å². The molecule has 2 amide bonds. The fourth-order valence-electron chi connectivity index (χ4n) is 6.87. The molecule has 0 aromatic heterocycles. The Hall–Kier alpha value is -2.19. The number of rotatable bonds is 17. The molecule has 8 heteroatoms. The lowest BCUT2D eigenvalue weighted by molar-refractivity contribution is -0.162. The predicted molar refractivity (Wildman–Crippen MR) is 146 cm³/mol. The molecule has 3 aliphatic rings. The maximum Gasteiger partial charge on any atom is 0.312 e. The van der Waals surface area contributed by atoms with Crippen LogP contribution in [0.25, 0.3) is 0 Å². The Bertz CT molecular complexity index is 877. The highest BCUT2D eigenvalue weighted by Gasteiger charge is 2.80. The predicted octanol–water partition coefficient (Wildman–Crippen LogP) is 3.87. The molecule has 0 saturated carbocycles. The zero-order valence-electron chi connectivity index (χ0n) is 23.7. The van der Waals surface area contributed by atoms with Gasteiger partial charge in [-0.15, -0.1) is 13.2 Å². The summed E-state index contributed by atoms with van der Waals surface area (Å²) in [5, 5.41) is 9.13. The van der Waals surface area contributed by atoms with Crippen LogP contribution in [-0.2, 0) is 23.9 Å². The van der Waals surface area contributed by atoms with E-state index in [-0.39, 0.29) is 30.9 Å². The van der Waals surface area contributed by atoms with Gasteiger partial charge in [0.25, 0.3) is 0 Å². The number of hydrogen-bond acceptors (Lipinski definition) is 6. The molecule has 3 rings (SSSR count). The van der Waals surface area contributed by atoms with Gasteiger partial charge in [0.05, 0.1) is 18.1 Å². The first-order chi connectivity index (χ1) is 18.2. The average Bonchev–Trinajstić information content (AvgIpc) is 3.40. The van der Waals surface area contributed by atoms with Gasteiger partial charge < -0.3 is 24.4 Å². The van der Waals surface area contributed by atoms with E-state index in [1.807, 2.05) is 13.8 Å². The number of esters is 1. The molecule has 0 radical (unpaired) electrons. The van der Waals surface area contributed by atoms with Crippen LogP contribution in [0, 0.1) is 17.8 Å². The summed E-state index contributed by atoms with van der Waals surface area (Å²) in [6, 6.07) is -0.783. The number of carbonyl (C=O) groups excluding carboxylic acids is 3. The van der Waals surface area contributed by atoms with Gasteiger partial charge in [0, 0.05) is 26.2 Å². The Balaban J connectivity index is 1.97. The lowest BCUT2D eigenvalue weighted by Gasteiger charge is -2.37. The van der Waals surface area contributed by atoms with Crippen LogP contribution in [0.2, 0.25) is 0 Å². The molecule has 3 unspecified atom stereocenters. The number of amides is 2. The van der Waals surface area contributed by atoms with E-state index in [2.05, 4.69) is 20.1 Å². The number of ether oxygens (including phenoxy) is 2. The first-order valence-electron chi connectivity index (χ1n) is 14.5. The van der Waals surface area contributed by atoms with Crippen molar-refractivity contribution in [3.05, 3.63) is 25.3 Å². The summed E-state index contributed by atoms with van der Waals surface area (Å²) in [6.45, 7) is 15.4. The third-order valence-electron chi connectivity index (χ3n) is 8.87. The second-order valence-corrected chi connectivity index (χ2v) is 11.4. The monoisotopic (exact) mass is 532 g/mol. The SMILES string of the molecule is C=CCCOC(=O)[C@@H]1[C@H]2C(=O)N(CCCCCCO)C(C(=O)N(CC=C)CCCCC)C23CC(C)[C@@]1(C)O3. The summed E-state index contributed by atoms with van der Waals surface area (Å²) in [5.41, 5.74) is -1.93. The number of fused-ring (bicyclic) bond motifs is 1. The maximum atomic E-state index is 14.3. The van der Waals surface area contributed by atoms with Crippen LogP contribution >= 0.6 is 0 Å². The molecule has 8 nitrogen and oxygen atoms in total. The van der Waals surface area contributed by atoms with E-state index in [0.29, 0.717) is 38.9 Å². The smallest absolute Gasteiger partial charge is 0.312 e. The molecular weight excluding hydrogens is 484 g/mol. The molecule has 2 bridgehead atoms. The Morgan fingerprint density at radius 3 is 2.58 bits per heavy atom. The number of likely N-dealkylation sites (tertiary alicyclic amines) is 1. The second kappa shape index (κ2) is 13.2. The minimum Gasteiger partial charge on any atom is -0.465 e. The standard InChI is InChI=1S/C30H48N2O6/c1-6-9-13-17-31(16-8-3)27(35)25-30-21-22(4)29(5,38-30)24(28(36)37-20-10-7-2)23(30)26(34)32(25)18-14-11-12-15-19-33/h7-8,22-25,33H,2-3,6,9-21H2,1,4-5H3/t22?,23-,24-,25?,29+,30?/m0/s1. The van der Waals surface area contributed by atoms with Gasteiger partial charge in [-0.3, -0.25) is 14.4 Å². The van der Waals surface area contributed by atoms with Gasteiger partial charge in [-0.2, -0.15) is 0 Å². The number of unbranched alkanes of at least 4 members (excludes halogenated alkanes) is 5. The van der Waals surface area contributed by atoms with Gasteiger partial charge in [0.1, 0.15) is 17.6 Å². The first-order valence-corrected chi connectivity index (χ1v) is 14.5. The van der Waals surface area contributed by atoms with Gasteiger partial charge in [0.15, 0.2) is 0 Å². The lowest BCUT2D eigenvalue weighted by atomic mass is 9.62. The van der Waals surface area contributed by atoms with Crippen LogP contribution in [0.15, 0.2) is 25.3 Å². The van der Waals surface area contributed by atoms with Crippen molar-refractivity contribution >= 4 is 17.8 Å². The Kier molecular flexibility index (Phi) is 10.6. The van der Waals surface area contributed by atoms with Crippen LogP contribution in [-0.4, -0.2) is 82.8 Å². The van der Waals surface area contributed by atoms with Crippen molar-refractivity contribution in [2.45, 2.75) is 95.8 Å². The molecule has 3 aliphatic heterocycles. The summed E-state index contributed by atoms with van der Waals surface area (Å²) in [7, 11) is 0. The van der Waals surface area contributed by atoms with Gasteiger partial charge in [-0.05, 0) is 44.9 Å². The van der Waals surface area contributed by atoms with E-state index in [1.165, 1.54) is 0 Å². The molecule has 1 N–H and O–H groups in total. The van der Waals surface area contributed by atoms with E-state index in [0.717, 1.165) is 38.5 Å². The maximum absolute atomic E-state index is 14.3. The normalized spacial score (nSPS) is 31.4. The lowest BCUT2D eigenvalue weighted by Crippen LogP contribution is -2.56. The van der Waals surface area contributed by atoms with Crippen LogP contribution in [0.5, 0.6) is 0 Å². The average molecular weight is 533 g/mol. The zero-order chi connectivity index (χ0) is 27.9. The summed E-state index contributed by atoms with van der Waals surface area (Å²) in [4.78, 5) is 45.4. The summed E-state index contributed by atoms with van der Waals surface area (Å²) in [5.74, 6) is -2.25. The quantitative estimate of drug-likeness (QED) is 0.174. The topological polar surface area (TPSA) is 96.4 Å². The van der Waals surface area contributed by atoms with Gasteiger partial charge in [-0.1, -0.05) is 51.7 Å². The van der Waals surface area contributed by atoms with Crippen molar-refractivity contribution in [1.29, 1.82) is 0 Å². The van der Waals surface area contributed by atoms with Crippen molar-refractivity contribution in [3.8, 4) is 0 Å². The van der Waals surface area contributed by atoms with Crippen LogP contribution in [0.1, 0.15) is 78.6 Å². The largest absolute Gasteiger partial charge is 0.465 e. The highest BCUT2D eigenvalue weighted by molar-refractivity contribution is 5.98. The van der Waals surface area contributed by atoms with E-state index in [4.69, 9.17) is 14.6 Å². The minimum absolute atomic E-state index is 0.0174. The first kappa shape index (κ1) is 30.4. The number of aliphatic hydroxyl groups excluding tert-OH is 1. The highest BCUT2D eigenvalue weighted by atomic mass is 16.6. The number of carbonyl (C=O) groups is 3. The van der Waals surface area contributed by atoms with Gasteiger partial charge in [-0.25, -0.2) is 0 Å². The highest BCUT2D eigenvalue weighted by Crippen LogP contribution is 2.65. The molecule has 0 aromatic carbocycles. The van der Waals surface area contributed by atoms with Crippen LogP contribution < -0.4 is 0 Å². The molecule has 0 aliphatic carbocycles. The van der Waals surface area contributed by atoms with Crippen molar-refractivity contribution in [1.82, 2.24) is 9.80 Å². The minimum atomic E-state index is -1.06. The fraction of sp³-hybridized carbons (Fsp3) is 0.767. The second-order valence-electron chi connectivity index (χ2n) is 11.4. The Morgan fingerprint density at radius 1 is 1.18 bits per heavy atom. The third-order valence-corrected chi connectivity index (χ3v) is 8.87. The van der Waals surface area contributed by atoms with Gasteiger partial charge in [0.2, 0.25) is 11.8 Å². The number of aliphatic hydroxyl groups is 1. The molecule has 214 valence electrons. The number of hydrogen-bond donors (Lipinski definition) is 1. The Labute approximate surface area is 228 Å². The molecule has 1 spiro atoms. The van der Waals surface area contributed by atoms with Crippen molar-refractivity contribution < 1.29 is 29.0 Å². The molecule has 0 aromatic rings. The Morgan fingerprint density at radius 2 is 1.92 bits per heavy atom. The molecule has 3 heterocycles. The molecule has 38 heavy (non-hydrogen) atoms. The third kappa shape index (κ3) is 5.57. The summed E-state index contributed by atoms with van der Waals surface area (Å²) < 4.78 is 12.4. The van der Waals surface area contributed by atoms with Crippen molar-refractivity contribution in [3.63, 3.8) is 0 Å². The molecule has 6 atom stereocenters. The summed E-state index contributed by atoms with van der Waals surface area (Å²) >= 11 is 0.